The van der Waals surface area contributed by atoms with Crippen molar-refractivity contribution in [1.82, 2.24) is 10.2 Å². The lowest BCUT2D eigenvalue weighted by molar-refractivity contribution is -0.140. The molecule has 88 valence electrons. The Balaban J connectivity index is 1.92. The number of carbonyl (C=O) groups excluding carboxylic acids is 2. The fourth-order valence-corrected chi connectivity index (χ4v) is 2.32. The molecule has 1 aromatic rings. The summed E-state index contributed by atoms with van der Waals surface area (Å²) < 4.78 is 5.13. The van der Waals surface area contributed by atoms with Crippen molar-refractivity contribution in [2.24, 2.45) is 0 Å². The Hall–Kier alpha value is -2.04. The van der Waals surface area contributed by atoms with E-state index in [-0.39, 0.29) is 17.9 Å². The first-order chi connectivity index (χ1) is 8.25. The second-order valence-electron chi connectivity index (χ2n) is 4.22. The van der Waals surface area contributed by atoms with E-state index in [1.807, 2.05) is 0 Å². The van der Waals surface area contributed by atoms with Gasteiger partial charge in [0, 0.05) is 12.6 Å². The zero-order valence-corrected chi connectivity index (χ0v) is 9.18. The zero-order valence-electron chi connectivity index (χ0n) is 9.18. The summed E-state index contributed by atoms with van der Waals surface area (Å²) in [5.41, 5.74) is 0.295. The third kappa shape index (κ3) is 1.63. The Morgan fingerprint density at radius 2 is 2.35 bits per heavy atom. The summed E-state index contributed by atoms with van der Waals surface area (Å²) in [5, 5.41) is 2.65. The maximum absolute atomic E-state index is 12.1. The van der Waals surface area contributed by atoms with Gasteiger partial charge in [-0.1, -0.05) is 0 Å². The third-order valence-corrected chi connectivity index (χ3v) is 3.13. The van der Waals surface area contributed by atoms with Gasteiger partial charge < -0.3 is 14.6 Å². The van der Waals surface area contributed by atoms with Crippen LogP contribution in [-0.2, 0) is 9.59 Å². The predicted molar refractivity (Wildman–Crippen MR) is 59.6 cm³/mol. The first kappa shape index (κ1) is 10.1. The molecule has 0 aliphatic carbocycles. The largest absolute Gasteiger partial charge is 0.465 e. The van der Waals surface area contributed by atoms with Crippen molar-refractivity contribution in [1.29, 1.82) is 0 Å². The van der Waals surface area contributed by atoms with Crippen molar-refractivity contribution in [3.63, 3.8) is 0 Å². The Morgan fingerprint density at radius 1 is 1.47 bits per heavy atom. The van der Waals surface area contributed by atoms with E-state index in [0.717, 1.165) is 12.8 Å². The maximum atomic E-state index is 12.1. The van der Waals surface area contributed by atoms with Crippen LogP contribution in [0.2, 0.25) is 0 Å². The third-order valence-electron chi connectivity index (χ3n) is 3.13. The molecule has 2 amide bonds. The molecule has 5 nitrogen and oxygen atoms in total. The maximum Gasteiger partial charge on any atom is 0.271 e. The molecule has 1 N–H and O–H groups in total. The van der Waals surface area contributed by atoms with Crippen molar-refractivity contribution in [2.75, 3.05) is 6.54 Å². The second kappa shape index (κ2) is 3.76. The van der Waals surface area contributed by atoms with E-state index in [1.165, 1.54) is 6.26 Å². The molecule has 2 fully saturated rings. The first-order valence-electron chi connectivity index (χ1n) is 5.63. The summed E-state index contributed by atoms with van der Waals surface area (Å²) >= 11 is 0. The molecule has 2 aliphatic rings. The first-order valence-corrected chi connectivity index (χ1v) is 5.63. The van der Waals surface area contributed by atoms with Crippen LogP contribution < -0.4 is 5.32 Å². The van der Waals surface area contributed by atoms with E-state index in [4.69, 9.17) is 4.42 Å². The van der Waals surface area contributed by atoms with Crippen molar-refractivity contribution in [3.05, 3.63) is 29.9 Å². The molecule has 0 radical (unpaired) electrons. The number of rotatable bonds is 1. The van der Waals surface area contributed by atoms with E-state index in [1.54, 1.807) is 23.1 Å². The lowest BCUT2D eigenvalue weighted by Gasteiger charge is -2.30. The average Bonchev–Trinajstić information content (AvgIpc) is 2.96. The van der Waals surface area contributed by atoms with Gasteiger partial charge in [-0.05, 0) is 25.0 Å². The van der Waals surface area contributed by atoms with Gasteiger partial charge in [0.05, 0.1) is 6.26 Å². The number of nitrogens with zero attached hydrogens (tertiary/aromatic N) is 1. The number of furan rings is 1. The van der Waals surface area contributed by atoms with E-state index in [9.17, 15) is 9.59 Å². The highest BCUT2D eigenvalue weighted by atomic mass is 16.3. The average molecular weight is 232 g/mol. The summed E-state index contributed by atoms with van der Waals surface area (Å²) in [6, 6.07) is 3.19. The van der Waals surface area contributed by atoms with Crippen LogP contribution in [0.3, 0.4) is 0 Å². The minimum absolute atomic E-state index is 0.0973. The zero-order chi connectivity index (χ0) is 11.8. The van der Waals surface area contributed by atoms with Crippen LogP contribution in [0.4, 0.5) is 0 Å². The molecule has 0 bridgehead atoms. The number of hydrogen-bond acceptors (Lipinski definition) is 3. The summed E-state index contributed by atoms with van der Waals surface area (Å²) in [6.45, 7) is 0.659. The highest BCUT2D eigenvalue weighted by molar-refractivity contribution is 6.07. The van der Waals surface area contributed by atoms with Gasteiger partial charge in [-0.2, -0.15) is 0 Å². The van der Waals surface area contributed by atoms with Crippen molar-refractivity contribution < 1.29 is 14.0 Å². The van der Waals surface area contributed by atoms with E-state index < -0.39 is 0 Å². The second-order valence-corrected chi connectivity index (χ2v) is 4.22. The molecule has 17 heavy (non-hydrogen) atoms. The number of nitrogens with one attached hydrogen (secondary N) is 1. The molecule has 3 rings (SSSR count). The molecule has 1 unspecified atom stereocenters. The van der Waals surface area contributed by atoms with Crippen LogP contribution in [0.5, 0.6) is 0 Å². The van der Waals surface area contributed by atoms with Gasteiger partial charge in [-0.3, -0.25) is 9.59 Å². The van der Waals surface area contributed by atoms with Crippen LogP contribution in [0.15, 0.2) is 28.5 Å². The van der Waals surface area contributed by atoms with E-state index in [2.05, 4.69) is 5.32 Å². The van der Waals surface area contributed by atoms with Crippen LogP contribution in [-0.4, -0.2) is 29.3 Å². The minimum atomic E-state index is -0.281. The molecule has 0 saturated carbocycles. The smallest absolute Gasteiger partial charge is 0.271 e. The van der Waals surface area contributed by atoms with Gasteiger partial charge >= 0.3 is 0 Å². The lowest BCUT2D eigenvalue weighted by atomic mass is 10.1. The fraction of sp³-hybridized carbons (Fsp3) is 0.333. The standard InChI is InChI=1S/C12H12N2O3/c15-11-10-4-1-5-14(10)12(16)9(13-11)7-8-3-2-6-17-8/h2-3,6-7,10H,1,4-5H2,(H,13,15)/b9-7+. The van der Waals surface area contributed by atoms with Gasteiger partial charge in [0.2, 0.25) is 5.91 Å². The predicted octanol–water partition coefficient (Wildman–Crippen LogP) is 0.741. The van der Waals surface area contributed by atoms with Crippen molar-refractivity contribution in [3.8, 4) is 0 Å². The minimum Gasteiger partial charge on any atom is -0.465 e. The highest BCUT2D eigenvalue weighted by Gasteiger charge is 2.40. The molecule has 0 spiro atoms. The molecule has 3 heterocycles. The van der Waals surface area contributed by atoms with Gasteiger partial charge in [0.25, 0.3) is 5.91 Å². The molecule has 0 aromatic carbocycles. The number of hydrogen-bond donors (Lipinski definition) is 1. The van der Waals surface area contributed by atoms with Crippen molar-refractivity contribution >= 4 is 17.9 Å². The SMILES string of the molecule is O=C1N/C(=C/c2ccco2)C(=O)N2CCCC12. The fourth-order valence-electron chi connectivity index (χ4n) is 2.32. The molecule has 2 saturated heterocycles. The Labute approximate surface area is 98.1 Å². The Bertz CT molecular complexity index is 490. The van der Waals surface area contributed by atoms with Crippen LogP contribution in [0.25, 0.3) is 6.08 Å². The molecule has 2 aliphatic heterocycles. The van der Waals surface area contributed by atoms with Crippen LogP contribution in [0.1, 0.15) is 18.6 Å². The number of piperazine rings is 1. The van der Waals surface area contributed by atoms with Crippen LogP contribution >= 0.6 is 0 Å². The summed E-state index contributed by atoms with van der Waals surface area (Å²) in [5.74, 6) is 0.342. The van der Waals surface area contributed by atoms with Gasteiger partial charge in [0.15, 0.2) is 0 Å². The van der Waals surface area contributed by atoms with E-state index in [0.29, 0.717) is 18.0 Å². The summed E-state index contributed by atoms with van der Waals surface area (Å²) in [4.78, 5) is 25.5. The topological polar surface area (TPSA) is 62.6 Å². The van der Waals surface area contributed by atoms with Crippen molar-refractivity contribution in [2.45, 2.75) is 18.9 Å². The highest BCUT2D eigenvalue weighted by Crippen LogP contribution is 2.24. The molecular formula is C12H12N2O3. The molecule has 5 heteroatoms. The van der Waals surface area contributed by atoms with Gasteiger partial charge in [-0.15, -0.1) is 0 Å². The van der Waals surface area contributed by atoms with Gasteiger partial charge in [0.1, 0.15) is 17.5 Å². The summed E-state index contributed by atoms with van der Waals surface area (Å²) in [6.07, 6.45) is 4.73. The molecule has 1 atom stereocenters. The monoisotopic (exact) mass is 232 g/mol. The quantitative estimate of drug-likeness (QED) is 0.726. The number of carbonyl (C=O) groups is 2. The Morgan fingerprint density at radius 3 is 3.12 bits per heavy atom. The Kier molecular flexibility index (Phi) is 2.24. The van der Waals surface area contributed by atoms with Gasteiger partial charge in [-0.25, -0.2) is 0 Å². The summed E-state index contributed by atoms with van der Waals surface area (Å²) in [7, 11) is 0. The normalized spacial score (nSPS) is 26.2. The molecular weight excluding hydrogens is 220 g/mol. The van der Waals surface area contributed by atoms with Crippen LogP contribution in [0, 0.1) is 0 Å². The van der Waals surface area contributed by atoms with E-state index >= 15 is 0 Å². The lowest BCUT2D eigenvalue weighted by Crippen LogP contribution is -2.53. The molecule has 1 aromatic heterocycles. The number of amides is 2. The number of fused-ring (bicyclic) bond motifs is 1.